The summed E-state index contributed by atoms with van der Waals surface area (Å²) in [4.78, 5) is 62.7. The second kappa shape index (κ2) is 15.3. The minimum Gasteiger partial charge on any atom is -0.461 e. The van der Waals surface area contributed by atoms with Crippen LogP contribution in [0.3, 0.4) is 0 Å². The Balaban J connectivity index is 0.944. The first-order chi connectivity index (χ1) is 29.6. The van der Waals surface area contributed by atoms with Crippen molar-refractivity contribution < 1.29 is 28.7 Å². The Morgan fingerprint density at radius 1 is 0.677 bits per heavy atom. The fourth-order valence-corrected chi connectivity index (χ4v) is 14.9. The fourth-order valence-electron chi connectivity index (χ4n) is 14.9. The molecule has 5 aliphatic carbocycles. The van der Waals surface area contributed by atoms with E-state index in [1.165, 1.54) is 27.4 Å². The number of rotatable bonds is 8. The van der Waals surface area contributed by atoms with Crippen LogP contribution in [0.4, 0.5) is 0 Å². The lowest BCUT2D eigenvalue weighted by Crippen LogP contribution is -2.67. The highest BCUT2D eigenvalue weighted by Gasteiger charge is 2.71. The van der Waals surface area contributed by atoms with Gasteiger partial charge in [-0.15, -0.1) is 0 Å². The van der Waals surface area contributed by atoms with Crippen LogP contribution >= 0.6 is 0 Å². The summed E-state index contributed by atoms with van der Waals surface area (Å²) in [6, 6.07) is 13.8. The average Bonchev–Trinajstić information content (AvgIpc) is 4.07. The van der Waals surface area contributed by atoms with Crippen LogP contribution in [0.15, 0.2) is 98.1 Å². The Morgan fingerprint density at radius 3 is 1.85 bits per heavy atom. The molecule has 326 valence electrons. The van der Waals surface area contributed by atoms with Gasteiger partial charge in [-0.2, -0.15) is 0 Å². The van der Waals surface area contributed by atoms with Gasteiger partial charge in [0, 0.05) is 35.6 Å². The van der Waals surface area contributed by atoms with Crippen molar-refractivity contribution in [3.63, 3.8) is 0 Å². The van der Waals surface area contributed by atoms with Crippen LogP contribution in [-0.4, -0.2) is 55.6 Å². The minimum absolute atomic E-state index is 0.0672. The van der Waals surface area contributed by atoms with Crippen molar-refractivity contribution in [2.24, 2.45) is 56.7 Å². The van der Waals surface area contributed by atoms with E-state index in [0.717, 1.165) is 64.2 Å². The monoisotopic (exact) mass is 838 g/mol. The molecule has 0 saturated heterocycles. The molecule has 0 amide bonds. The summed E-state index contributed by atoms with van der Waals surface area (Å²) in [5.41, 5.74) is 2.25. The number of carbonyl (C=O) groups is 4. The molecule has 0 aliphatic heterocycles. The predicted molar refractivity (Wildman–Crippen MR) is 235 cm³/mol. The van der Waals surface area contributed by atoms with Gasteiger partial charge in [0.2, 0.25) is 0 Å². The zero-order chi connectivity index (χ0) is 43.8. The summed E-state index contributed by atoms with van der Waals surface area (Å²) in [6.45, 7) is 19.5. The van der Waals surface area contributed by atoms with Gasteiger partial charge in [0.15, 0.2) is 0 Å². The Bertz CT molecular complexity index is 2400. The molecule has 2 heterocycles. The van der Waals surface area contributed by atoms with E-state index in [4.69, 9.17) is 9.47 Å². The quantitative estimate of drug-likeness (QED) is 0.127. The van der Waals surface area contributed by atoms with Crippen LogP contribution in [0.1, 0.15) is 147 Å². The van der Waals surface area contributed by atoms with E-state index in [-0.39, 0.29) is 56.1 Å². The molecule has 0 radical (unpaired) electrons. The van der Waals surface area contributed by atoms with Crippen LogP contribution in [0.5, 0.6) is 0 Å². The van der Waals surface area contributed by atoms with Crippen molar-refractivity contribution in [3.8, 4) is 0 Å². The topological polar surface area (TPSA) is 122 Å². The fraction of sp³-hybridized carbons (Fsp3) is 0.538. The van der Waals surface area contributed by atoms with E-state index in [2.05, 4.69) is 58.1 Å². The summed E-state index contributed by atoms with van der Waals surface area (Å²) < 4.78 is 15.6. The average molecular weight is 839 g/mol. The van der Waals surface area contributed by atoms with Crippen molar-refractivity contribution >= 4 is 23.8 Å². The maximum atomic E-state index is 14.0. The smallest absolute Gasteiger partial charge is 0.339 e. The molecule has 5 fully saturated rings. The van der Waals surface area contributed by atoms with E-state index < -0.39 is 11.9 Å². The molecule has 0 N–H and O–H groups in total. The summed E-state index contributed by atoms with van der Waals surface area (Å²) >= 11 is 0. The van der Waals surface area contributed by atoms with Gasteiger partial charge >= 0.3 is 11.9 Å². The molecule has 62 heavy (non-hydrogen) atoms. The van der Waals surface area contributed by atoms with E-state index >= 15 is 0 Å². The molecule has 3 unspecified atom stereocenters. The van der Waals surface area contributed by atoms with Crippen LogP contribution in [0, 0.1) is 56.7 Å². The Morgan fingerprint density at radius 2 is 1.27 bits per heavy atom. The Labute approximate surface area is 365 Å². The number of ether oxygens (including phenoxy) is 2. The van der Waals surface area contributed by atoms with Gasteiger partial charge in [-0.1, -0.05) is 71.0 Å². The molecule has 2 aromatic carbocycles. The number of benzene rings is 2. The van der Waals surface area contributed by atoms with Gasteiger partial charge in [0.1, 0.15) is 18.8 Å². The predicted octanol–water partition coefficient (Wildman–Crippen LogP) is 10.5. The van der Waals surface area contributed by atoms with E-state index in [1.807, 2.05) is 0 Å². The van der Waals surface area contributed by atoms with Gasteiger partial charge in [0.05, 0.1) is 28.9 Å². The number of carbonyl (C=O) groups excluding carboxylic acids is 4. The number of hydrogen-bond acceptors (Lipinski definition) is 8. The number of allylic oxidation sites excluding steroid dienone is 1. The molecule has 9 rings (SSSR count). The number of imidazole rings is 2. The molecule has 10 nitrogen and oxygen atoms in total. The molecule has 5 aliphatic rings. The molecule has 4 aromatic rings. The summed E-state index contributed by atoms with van der Waals surface area (Å²) in [5.74, 6) is 0.542. The lowest BCUT2D eigenvalue weighted by atomic mass is 9.32. The zero-order valence-corrected chi connectivity index (χ0v) is 37.3. The number of nitrogens with zero attached hydrogens (tertiary/aromatic N) is 4. The van der Waals surface area contributed by atoms with Crippen LogP contribution in [-0.2, 0) is 9.47 Å². The maximum Gasteiger partial charge on any atom is 0.339 e. The molecule has 5 saturated carbocycles. The zero-order valence-electron chi connectivity index (χ0n) is 37.3. The second-order valence-electron chi connectivity index (χ2n) is 21.0. The highest BCUT2D eigenvalue weighted by atomic mass is 16.5. The lowest BCUT2D eigenvalue weighted by molar-refractivity contribution is -0.249. The van der Waals surface area contributed by atoms with Crippen molar-refractivity contribution in [1.29, 1.82) is 0 Å². The number of hydrogen-bond donors (Lipinski definition) is 0. The SMILES string of the molecule is C=C(C)[C@@H]1CC[C@]2(COC(=O)c3ccccc3C(=O)n3ccnc3)CC[C@]3(C)[C@H](CCC4[C@@]5(C)CC[C@H](OC(=O)c6ccccc6C(=O)n6ccnc6)C(C)(C)C5CC[C@]43C)C12. The third-order valence-corrected chi connectivity index (χ3v) is 18.2. The van der Waals surface area contributed by atoms with Crippen LogP contribution < -0.4 is 0 Å². The van der Waals surface area contributed by atoms with Gasteiger partial charge in [-0.05, 0) is 141 Å². The Kier molecular flexibility index (Phi) is 10.4. The number of fused-ring (bicyclic) bond motifs is 7. The summed E-state index contributed by atoms with van der Waals surface area (Å²) in [6.07, 6.45) is 19.3. The van der Waals surface area contributed by atoms with Gasteiger partial charge < -0.3 is 9.47 Å². The van der Waals surface area contributed by atoms with Crippen molar-refractivity contribution in [3.05, 3.63) is 120 Å². The van der Waals surface area contributed by atoms with E-state index in [1.54, 1.807) is 73.3 Å². The van der Waals surface area contributed by atoms with Gasteiger partial charge in [0.25, 0.3) is 11.8 Å². The second-order valence-corrected chi connectivity index (χ2v) is 21.0. The largest absolute Gasteiger partial charge is 0.461 e. The third kappa shape index (κ3) is 6.39. The highest BCUT2D eigenvalue weighted by molar-refractivity contribution is 6.07. The molecular formula is C52H62N4O6. The van der Waals surface area contributed by atoms with Crippen LogP contribution in [0.2, 0.25) is 0 Å². The first-order valence-electron chi connectivity index (χ1n) is 22.8. The minimum atomic E-state index is -0.452. The molecule has 10 atom stereocenters. The highest BCUT2D eigenvalue weighted by Crippen LogP contribution is 2.77. The molecule has 2 aromatic heterocycles. The van der Waals surface area contributed by atoms with E-state index in [9.17, 15) is 19.2 Å². The van der Waals surface area contributed by atoms with Crippen molar-refractivity contribution in [1.82, 2.24) is 19.1 Å². The number of aromatic nitrogens is 4. The first-order valence-corrected chi connectivity index (χ1v) is 22.8. The van der Waals surface area contributed by atoms with Gasteiger partial charge in [-0.25, -0.2) is 19.6 Å². The summed E-state index contributed by atoms with van der Waals surface area (Å²) in [7, 11) is 0. The third-order valence-electron chi connectivity index (χ3n) is 18.2. The molecule has 0 spiro atoms. The van der Waals surface area contributed by atoms with Crippen molar-refractivity contribution in [2.75, 3.05) is 6.61 Å². The van der Waals surface area contributed by atoms with Crippen LogP contribution in [0.25, 0.3) is 0 Å². The standard InChI is InChI=1S/C52H62N4O6/c1-33(2)34-18-23-52(30-61-46(59)37-14-10-8-12-35(37)44(57)55-28-26-53-31-55)25-24-50(6)39(43(34)52)16-17-41-49(5)21-20-42(48(3,4)40(49)19-22-51(41,50)7)62-47(60)38-15-11-9-13-36(38)45(58)56-29-27-54-32-56/h8-15,26-29,31-32,34,39-43H,1,16-25,30H2,2-7H3/t34-,39+,40?,41?,42-,43?,49-,50+,51+,52+/m0/s1. The maximum absolute atomic E-state index is 14.0. The molecule has 0 bridgehead atoms. The van der Waals surface area contributed by atoms with Gasteiger partial charge in [-0.3, -0.25) is 18.7 Å². The first kappa shape index (κ1) is 42.2. The lowest BCUT2D eigenvalue weighted by Gasteiger charge is -2.73. The van der Waals surface area contributed by atoms with Crippen molar-refractivity contribution in [2.45, 2.75) is 112 Å². The van der Waals surface area contributed by atoms with E-state index in [0.29, 0.717) is 47.3 Å². The molecule has 10 heteroatoms. The molecular weight excluding hydrogens is 777 g/mol. The normalized spacial score (nSPS) is 34.4. The summed E-state index contributed by atoms with van der Waals surface area (Å²) in [5, 5.41) is 0. The Hall–Kier alpha value is -5.12. The number of esters is 2.